The maximum Gasteiger partial charge on any atom is 0.330 e. The van der Waals surface area contributed by atoms with Crippen molar-refractivity contribution < 1.29 is 23.8 Å². The summed E-state index contributed by atoms with van der Waals surface area (Å²) in [6.45, 7) is 8.83. The summed E-state index contributed by atoms with van der Waals surface area (Å²) in [5.74, 6) is -1.000. The maximum absolute atomic E-state index is 14.9. The van der Waals surface area contributed by atoms with Crippen molar-refractivity contribution in [1.29, 1.82) is 0 Å². The van der Waals surface area contributed by atoms with Crippen molar-refractivity contribution in [3.63, 3.8) is 0 Å². The Balaban J connectivity index is 1.91. The lowest BCUT2D eigenvalue weighted by Crippen LogP contribution is -2.16. The second-order valence-electron chi connectivity index (χ2n) is 6.53. The minimum absolute atomic E-state index is 0.0250. The van der Waals surface area contributed by atoms with Gasteiger partial charge in [0.05, 0.1) is 6.61 Å². The second kappa shape index (κ2) is 8.23. The van der Waals surface area contributed by atoms with Crippen LogP contribution in [0.25, 0.3) is 21.5 Å². The SMILES string of the molecule is C=CC(=O)OCCc1ccc2c(ccc3c(F)c(OC(O)C(=C)C)ccc32)c1. The van der Waals surface area contributed by atoms with Gasteiger partial charge in [0.1, 0.15) is 0 Å². The van der Waals surface area contributed by atoms with Crippen molar-refractivity contribution in [2.45, 2.75) is 19.6 Å². The van der Waals surface area contributed by atoms with Gasteiger partial charge < -0.3 is 14.6 Å². The number of hydrogen-bond donors (Lipinski definition) is 1. The van der Waals surface area contributed by atoms with Crippen molar-refractivity contribution in [1.82, 2.24) is 0 Å². The number of fused-ring (bicyclic) bond motifs is 3. The van der Waals surface area contributed by atoms with Crippen LogP contribution in [0.4, 0.5) is 4.39 Å². The molecule has 0 aliphatic carbocycles. The summed E-state index contributed by atoms with van der Waals surface area (Å²) < 4.78 is 25.1. The number of rotatable bonds is 7. The molecule has 1 atom stereocenters. The van der Waals surface area contributed by atoms with Gasteiger partial charge in [0.15, 0.2) is 11.6 Å². The van der Waals surface area contributed by atoms with Gasteiger partial charge in [0.2, 0.25) is 6.29 Å². The molecule has 144 valence electrons. The van der Waals surface area contributed by atoms with E-state index in [1.54, 1.807) is 19.1 Å². The fraction of sp³-hybridized carbons (Fsp3) is 0.174. The number of aliphatic hydroxyl groups is 1. The second-order valence-corrected chi connectivity index (χ2v) is 6.53. The van der Waals surface area contributed by atoms with E-state index in [9.17, 15) is 14.3 Å². The molecule has 0 heterocycles. The summed E-state index contributed by atoms with van der Waals surface area (Å²) in [5.41, 5.74) is 1.40. The van der Waals surface area contributed by atoms with Crippen molar-refractivity contribution >= 4 is 27.5 Å². The summed E-state index contributed by atoms with van der Waals surface area (Å²) in [7, 11) is 0. The van der Waals surface area contributed by atoms with Gasteiger partial charge in [0.25, 0.3) is 0 Å². The molecular formula is C23H21FO4. The minimum Gasteiger partial charge on any atom is -0.462 e. The van der Waals surface area contributed by atoms with Crippen LogP contribution in [0.15, 0.2) is 67.3 Å². The molecule has 0 radical (unpaired) electrons. The van der Waals surface area contributed by atoms with Gasteiger partial charge in [-0.2, -0.15) is 0 Å². The van der Waals surface area contributed by atoms with Crippen LogP contribution in [0.5, 0.6) is 5.75 Å². The van der Waals surface area contributed by atoms with E-state index in [2.05, 4.69) is 13.2 Å². The van der Waals surface area contributed by atoms with Gasteiger partial charge in [-0.05, 0) is 46.4 Å². The molecule has 0 aromatic heterocycles. The van der Waals surface area contributed by atoms with Crippen LogP contribution in [0, 0.1) is 5.82 Å². The number of aliphatic hydroxyl groups excluding tert-OH is 1. The van der Waals surface area contributed by atoms with Crippen LogP contribution in [0.2, 0.25) is 0 Å². The first-order chi connectivity index (χ1) is 13.4. The number of esters is 1. The highest BCUT2D eigenvalue weighted by atomic mass is 19.1. The molecule has 0 amide bonds. The third-order valence-electron chi connectivity index (χ3n) is 4.44. The summed E-state index contributed by atoms with van der Waals surface area (Å²) in [4.78, 5) is 11.1. The molecule has 0 saturated heterocycles. The van der Waals surface area contributed by atoms with Crippen molar-refractivity contribution in [2.24, 2.45) is 0 Å². The van der Waals surface area contributed by atoms with E-state index in [1.807, 2.05) is 24.3 Å². The molecule has 4 nitrogen and oxygen atoms in total. The average Bonchev–Trinajstić information content (AvgIpc) is 2.69. The number of benzene rings is 3. The lowest BCUT2D eigenvalue weighted by Gasteiger charge is -2.15. The summed E-state index contributed by atoms with van der Waals surface area (Å²) in [6, 6.07) is 12.6. The highest BCUT2D eigenvalue weighted by Crippen LogP contribution is 2.32. The van der Waals surface area contributed by atoms with Crippen LogP contribution in [-0.2, 0) is 16.0 Å². The standard InChI is InChI=1S/C23H21FO4/c1-4-21(25)27-12-11-15-5-7-17-16(13-15)6-8-19-18(17)9-10-20(22(19)24)28-23(26)14(2)3/h4-10,13,23,26H,1-2,11-12H2,3H3. The van der Waals surface area contributed by atoms with Gasteiger partial charge in [-0.3, -0.25) is 0 Å². The zero-order valence-electron chi connectivity index (χ0n) is 15.6. The highest BCUT2D eigenvalue weighted by molar-refractivity contribution is 6.08. The molecule has 3 rings (SSSR count). The van der Waals surface area contributed by atoms with Gasteiger partial charge in [-0.1, -0.05) is 43.5 Å². The predicted octanol–water partition coefficient (Wildman–Crippen LogP) is 4.68. The largest absolute Gasteiger partial charge is 0.462 e. The Morgan fingerprint density at radius 3 is 2.61 bits per heavy atom. The zero-order chi connectivity index (χ0) is 20.3. The number of ether oxygens (including phenoxy) is 2. The summed E-state index contributed by atoms with van der Waals surface area (Å²) in [5, 5.41) is 12.8. The molecule has 0 aliphatic heterocycles. The van der Waals surface area contributed by atoms with Crippen LogP contribution in [-0.4, -0.2) is 24.0 Å². The van der Waals surface area contributed by atoms with E-state index >= 15 is 0 Å². The molecule has 5 heteroatoms. The first-order valence-electron chi connectivity index (χ1n) is 8.84. The molecule has 0 fully saturated rings. The number of carbonyl (C=O) groups is 1. The van der Waals surface area contributed by atoms with Crippen LogP contribution >= 0.6 is 0 Å². The predicted molar refractivity (Wildman–Crippen MR) is 108 cm³/mol. The van der Waals surface area contributed by atoms with Crippen LogP contribution in [0.1, 0.15) is 12.5 Å². The molecule has 0 spiro atoms. The third kappa shape index (κ3) is 4.05. The molecule has 0 aliphatic rings. The minimum atomic E-state index is -1.26. The number of hydrogen-bond acceptors (Lipinski definition) is 4. The Morgan fingerprint density at radius 1 is 1.18 bits per heavy atom. The van der Waals surface area contributed by atoms with Crippen molar-refractivity contribution in [2.75, 3.05) is 6.61 Å². The normalized spacial score (nSPS) is 12.0. The van der Waals surface area contributed by atoms with E-state index < -0.39 is 18.1 Å². The Hall–Kier alpha value is -3.18. The average molecular weight is 380 g/mol. The van der Waals surface area contributed by atoms with Crippen LogP contribution in [0.3, 0.4) is 0 Å². The number of halogens is 1. The molecule has 0 bridgehead atoms. The molecular weight excluding hydrogens is 359 g/mol. The Kier molecular flexibility index (Phi) is 5.76. The smallest absolute Gasteiger partial charge is 0.330 e. The molecule has 3 aromatic carbocycles. The Bertz CT molecular complexity index is 1070. The summed E-state index contributed by atoms with van der Waals surface area (Å²) in [6.07, 6.45) is 0.451. The molecule has 28 heavy (non-hydrogen) atoms. The Morgan fingerprint density at radius 2 is 1.89 bits per heavy atom. The lowest BCUT2D eigenvalue weighted by molar-refractivity contribution is -0.137. The third-order valence-corrected chi connectivity index (χ3v) is 4.44. The number of carbonyl (C=O) groups excluding carboxylic acids is 1. The lowest BCUT2D eigenvalue weighted by atomic mass is 9.99. The summed E-state index contributed by atoms with van der Waals surface area (Å²) >= 11 is 0. The van der Waals surface area contributed by atoms with Gasteiger partial charge in [-0.15, -0.1) is 0 Å². The van der Waals surface area contributed by atoms with Crippen molar-refractivity contribution in [3.8, 4) is 5.75 Å². The topological polar surface area (TPSA) is 55.8 Å². The molecule has 0 saturated carbocycles. The van der Waals surface area contributed by atoms with Crippen molar-refractivity contribution in [3.05, 3.63) is 78.7 Å². The molecule has 1 N–H and O–H groups in total. The monoisotopic (exact) mass is 380 g/mol. The van der Waals surface area contributed by atoms with E-state index in [-0.39, 0.29) is 12.4 Å². The molecule has 3 aromatic rings. The van der Waals surface area contributed by atoms with E-state index in [4.69, 9.17) is 9.47 Å². The maximum atomic E-state index is 14.9. The highest BCUT2D eigenvalue weighted by Gasteiger charge is 2.14. The molecule has 1 unspecified atom stereocenters. The fourth-order valence-corrected chi connectivity index (χ4v) is 2.93. The van der Waals surface area contributed by atoms with Gasteiger partial charge in [0, 0.05) is 17.9 Å². The quantitative estimate of drug-likeness (QED) is 0.213. The first kappa shape index (κ1) is 19.6. The Labute approximate surface area is 162 Å². The van der Waals surface area contributed by atoms with Crippen LogP contribution < -0.4 is 4.74 Å². The first-order valence-corrected chi connectivity index (χ1v) is 8.84. The van der Waals surface area contributed by atoms with E-state index in [0.717, 1.165) is 27.8 Å². The van der Waals surface area contributed by atoms with E-state index in [0.29, 0.717) is 17.4 Å². The van der Waals surface area contributed by atoms with Gasteiger partial charge in [-0.25, -0.2) is 9.18 Å². The zero-order valence-corrected chi connectivity index (χ0v) is 15.6. The fourth-order valence-electron chi connectivity index (χ4n) is 2.93. The van der Waals surface area contributed by atoms with Gasteiger partial charge >= 0.3 is 5.97 Å². The van der Waals surface area contributed by atoms with E-state index in [1.165, 1.54) is 6.07 Å².